The lowest BCUT2D eigenvalue weighted by molar-refractivity contribution is -0.135. The quantitative estimate of drug-likeness (QED) is 0.747. The highest BCUT2D eigenvalue weighted by molar-refractivity contribution is 5.71. The Morgan fingerprint density at radius 1 is 1.50 bits per heavy atom. The van der Waals surface area contributed by atoms with Gasteiger partial charge in [-0.3, -0.25) is 9.63 Å². The molecule has 1 unspecified atom stereocenters. The van der Waals surface area contributed by atoms with E-state index in [9.17, 15) is 4.79 Å². The van der Waals surface area contributed by atoms with Crippen molar-refractivity contribution >= 4 is 5.91 Å². The minimum Gasteiger partial charge on any atom is -0.273 e. The van der Waals surface area contributed by atoms with Gasteiger partial charge in [0, 0.05) is 6.92 Å². The third kappa shape index (κ3) is 3.18. The maximum absolute atomic E-state index is 10.6. The zero-order valence-corrected chi connectivity index (χ0v) is 8.70. The second-order valence-electron chi connectivity index (χ2n) is 3.33. The molecular weight excluding hydrogens is 178 g/mol. The highest BCUT2D eigenvalue weighted by Gasteiger charge is 2.06. The molecule has 3 nitrogen and oxygen atoms in total. The Morgan fingerprint density at radius 3 is 2.79 bits per heavy atom. The molecule has 1 rings (SSSR count). The van der Waals surface area contributed by atoms with E-state index in [1.807, 2.05) is 38.1 Å². The van der Waals surface area contributed by atoms with Crippen molar-refractivity contribution in [2.45, 2.75) is 26.9 Å². The second kappa shape index (κ2) is 4.77. The summed E-state index contributed by atoms with van der Waals surface area (Å²) in [5.74, 6) is -0.190. The SMILES string of the molecule is CC(=O)NOC(C)c1cccc(C)c1. The van der Waals surface area contributed by atoms with Crippen LogP contribution in [0.1, 0.15) is 31.1 Å². The van der Waals surface area contributed by atoms with Crippen LogP contribution in [0.3, 0.4) is 0 Å². The van der Waals surface area contributed by atoms with Crippen molar-refractivity contribution in [1.29, 1.82) is 0 Å². The predicted octanol–water partition coefficient (Wildman–Crippen LogP) is 2.12. The van der Waals surface area contributed by atoms with E-state index in [1.165, 1.54) is 12.5 Å². The lowest BCUT2D eigenvalue weighted by Crippen LogP contribution is -2.22. The van der Waals surface area contributed by atoms with E-state index >= 15 is 0 Å². The van der Waals surface area contributed by atoms with Gasteiger partial charge < -0.3 is 0 Å². The Hall–Kier alpha value is -1.35. The van der Waals surface area contributed by atoms with Crippen LogP contribution in [0.25, 0.3) is 0 Å². The Morgan fingerprint density at radius 2 is 2.21 bits per heavy atom. The number of benzene rings is 1. The van der Waals surface area contributed by atoms with Crippen molar-refractivity contribution in [3.63, 3.8) is 0 Å². The fraction of sp³-hybridized carbons (Fsp3) is 0.364. The Kier molecular flexibility index (Phi) is 3.65. The molecule has 3 heteroatoms. The third-order valence-corrected chi connectivity index (χ3v) is 1.89. The molecule has 1 aromatic carbocycles. The predicted molar refractivity (Wildman–Crippen MR) is 54.5 cm³/mol. The molecular formula is C11H15NO2. The molecule has 0 saturated carbocycles. The van der Waals surface area contributed by atoms with Crippen LogP contribution in [0.5, 0.6) is 0 Å². The molecule has 0 aromatic heterocycles. The van der Waals surface area contributed by atoms with Crippen LogP contribution in [-0.2, 0) is 9.63 Å². The van der Waals surface area contributed by atoms with Crippen LogP contribution in [0.4, 0.5) is 0 Å². The summed E-state index contributed by atoms with van der Waals surface area (Å²) < 4.78 is 0. The van der Waals surface area contributed by atoms with Gasteiger partial charge in [-0.25, -0.2) is 5.48 Å². The van der Waals surface area contributed by atoms with E-state index in [2.05, 4.69) is 5.48 Å². The van der Waals surface area contributed by atoms with Crippen LogP contribution in [-0.4, -0.2) is 5.91 Å². The van der Waals surface area contributed by atoms with Gasteiger partial charge in [-0.15, -0.1) is 0 Å². The minimum absolute atomic E-state index is 0.126. The molecule has 0 spiro atoms. The van der Waals surface area contributed by atoms with E-state index in [4.69, 9.17) is 4.84 Å². The molecule has 1 aromatic rings. The number of rotatable bonds is 3. The number of hydrogen-bond donors (Lipinski definition) is 1. The van der Waals surface area contributed by atoms with E-state index in [0.717, 1.165) is 5.56 Å². The molecule has 0 saturated heterocycles. The summed E-state index contributed by atoms with van der Waals surface area (Å²) >= 11 is 0. The summed E-state index contributed by atoms with van der Waals surface area (Å²) in [5.41, 5.74) is 4.56. The Bertz CT molecular complexity index is 323. The molecule has 0 bridgehead atoms. The van der Waals surface area contributed by atoms with Gasteiger partial charge in [0.1, 0.15) is 6.10 Å². The van der Waals surface area contributed by atoms with E-state index in [0.29, 0.717) is 0 Å². The van der Waals surface area contributed by atoms with Gasteiger partial charge in [-0.2, -0.15) is 0 Å². The van der Waals surface area contributed by atoms with E-state index < -0.39 is 0 Å². The summed E-state index contributed by atoms with van der Waals surface area (Å²) in [7, 11) is 0. The average molecular weight is 193 g/mol. The lowest BCUT2D eigenvalue weighted by atomic mass is 10.1. The highest BCUT2D eigenvalue weighted by Crippen LogP contribution is 2.16. The van der Waals surface area contributed by atoms with Crippen molar-refractivity contribution in [3.05, 3.63) is 35.4 Å². The summed E-state index contributed by atoms with van der Waals surface area (Å²) in [6, 6.07) is 8.00. The van der Waals surface area contributed by atoms with E-state index in [-0.39, 0.29) is 12.0 Å². The zero-order valence-electron chi connectivity index (χ0n) is 8.70. The molecule has 0 radical (unpaired) electrons. The monoisotopic (exact) mass is 193 g/mol. The van der Waals surface area contributed by atoms with Gasteiger partial charge in [-0.05, 0) is 19.4 Å². The van der Waals surface area contributed by atoms with Gasteiger partial charge in [0.05, 0.1) is 0 Å². The number of hydroxylamine groups is 1. The number of hydrogen-bond acceptors (Lipinski definition) is 2. The first kappa shape index (κ1) is 10.7. The first-order valence-electron chi connectivity index (χ1n) is 4.58. The smallest absolute Gasteiger partial charge is 0.240 e. The van der Waals surface area contributed by atoms with E-state index in [1.54, 1.807) is 0 Å². The molecule has 14 heavy (non-hydrogen) atoms. The molecule has 0 heterocycles. The number of aryl methyl sites for hydroxylation is 1. The molecule has 1 N–H and O–H groups in total. The standard InChI is InChI=1S/C11H15NO2/c1-8-5-4-6-11(7-8)9(2)14-12-10(3)13/h4-7,9H,1-3H3,(H,12,13). The Labute approximate surface area is 84.0 Å². The fourth-order valence-electron chi connectivity index (χ4n) is 1.16. The Balaban J connectivity index is 2.60. The van der Waals surface area contributed by atoms with Crippen molar-refractivity contribution in [3.8, 4) is 0 Å². The summed E-state index contributed by atoms with van der Waals surface area (Å²) in [6.07, 6.45) is -0.126. The molecule has 1 atom stereocenters. The number of carbonyl (C=O) groups is 1. The number of amides is 1. The first-order chi connectivity index (χ1) is 6.59. The molecule has 0 aliphatic heterocycles. The highest BCUT2D eigenvalue weighted by atomic mass is 16.7. The van der Waals surface area contributed by atoms with Crippen LogP contribution < -0.4 is 5.48 Å². The van der Waals surface area contributed by atoms with Crippen molar-refractivity contribution < 1.29 is 9.63 Å². The summed E-state index contributed by atoms with van der Waals surface area (Å²) in [5, 5.41) is 0. The first-order valence-corrected chi connectivity index (χ1v) is 4.58. The van der Waals surface area contributed by atoms with Gasteiger partial charge in [0.2, 0.25) is 5.91 Å². The van der Waals surface area contributed by atoms with Crippen LogP contribution in [0, 0.1) is 6.92 Å². The largest absolute Gasteiger partial charge is 0.273 e. The zero-order chi connectivity index (χ0) is 10.6. The van der Waals surface area contributed by atoms with Crippen molar-refractivity contribution in [2.24, 2.45) is 0 Å². The molecule has 0 aliphatic rings. The van der Waals surface area contributed by atoms with Crippen LogP contribution >= 0.6 is 0 Å². The van der Waals surface area contributed by atoms with Crippen molar-refractivity contribution in [1.82, 2.24) is 5.48 Å². The number of nitrogens with one attached hydrogen (secondary N) is 1. The molecule has 0 aliphatic carbocycles. The summed E-state index contributed by atoms with van der Waals surface area (Å²) in [4.78, 5) is 15.8. The van der Waals surface area contributed by atoms with Crippen LogP contribution in [0.2, 0.25) is 0 Å². The maximum Gasteiger partial charge on any atom is 0.240 e. The molecule has 1 amide bonds. The lowest BCUT2D eigenvalue weighted by Gasteiger charge is -2.12. The average Bonchev–Trinajstić information content (AvgIpc) is 2.14. The van der Waals surface area contributed by atoms with Crippen LogP contribution in [0.15, 0.2) is 24.3 Å². The van der Waals surface area contributed by atoms with Gasteiger partial charge >= 0.3 is 0 Å². The normalized spacial score (nSPS) is 12.2. The fourth-order valence-corrected chi connectivity index (χ4v) is 1.16. The van der Waals surface area contributed by atoms with Gasteiger partial charge in [-0.1, -0.05) is 29.8 Å². The third-order valence-electron chi connectivity index (χ3n) is 1.89. The van der Waals surface area contributed by atoms with Gasteiger partial charge in [0.15, 0.2) is 0 Å². The second-order valence-corrected chi connectivity index (χ2v) is 3.33. The maximum atomic E-state index is 10.6. The van der Waals surface area contributed by atoms with Gasteiger partial charge in [0.25, 0.3) is 0 Å². The van der Waals surface area contributed by atoms with Crippen molar-refractivity contribution in [2.75, 3.05) is 0 Å². The number of carbonyl (C=O) groups excluding carboxylic acids is 1. The topological polar surface area (TPSA) is 38.3 Å². The molecule has 76 valence electrons. The summed E-state index contributed by atoms with van der Waals surface area (Å²) in [6.45, 7) is 5.34. The minimum atomic E-state index is -0.190. The molecule has 0 fully saturated rings.